The summed E-state index contributed by atoms with van der Waals surface area (Å²) in [6, 6.07) is 9.62. The van der Waals surface area contributed by atoms with Crippen LogP contribution in [0.5, 0.6) is 0 Å². The van der Waals surface area contributed by atoms with Crippen LogP contribution in [-0.4, -0.2) is 13.4 Å². The van der Waals surface area contributed by atoms with Gasteiger partial charge in [0.1, 0.15) is 27.3 Å². The summed E-state index contributed by atoms with van der Waals surface area (Å²) < 4.78 is 54.2. The van der Waals surface area contributed by atoms with Crippen molar-refractivity contribution >= 4 is 38.6 Å². The van der Waals surface area contributed by atoms with E-state index in [9.17, 15) is 17.2 Å². The van der Waals surface area contributed by atoms with Crippen LogP contribution in [0.3, 0.4) is 0 Å². The van der Waals surface area contributed by atoms with Gasteiger partial charge in [-0.25, -0.2) is 22.2 Å². The Labute approximate surface area is 147 Å². The van der Waals surface area contributed by atoms with Gasteiger partial charge in [0, 0.05) is 4.88 Å². The van der Waals surface area contributed by atoms with Crippen LogP contribution in [0.4, 0.5) is 26.0 Å². The molecule has 2 N–H and O–H groups in total. The van der Waals surface area contributed by atoms with Crippen molar-refractivity contribution in [2.24, 2.45) is 0 Å². The summed E-state index contributed by atoms with van der Waals surface area (Å²) in [5.74, 6) is -1.37. The normalized spacial score (nSPS) is 11.3. The first-order chi connectivity index (χ1) is 11.8. The van der Waals surface area contributed by atoms with Crippen LogP contribution in [0.1, 0.15) is 4.88 Å². The highest BCUT2D eigenvalue weighted by molar-refractivity contribution is 7.94. The molecule has 0 aliphatic rings. The summed E-state index contributed by atoms with van der Waals surface area (Å²) in [5.41, 5.74) is 0.0191. The van der Waals surface area contributed by atoms with Crippen molar-refractivity contribution in [2.75, 3.05) is 10.0 Å². The molecule has 2 aromatic heterocycles. The zero-order valence-electron chi connectivity index (χ0n) is 13.0. The van der Waals surface area contributed by atoms with Gasteiger partial charge in [0.05, 0.1) is 11.9 Å². The van der Waals surface area contributed by atoms with Gasteiger partial charge in [0.15, 0.2) is 0 Å². The minimum atomic E-state index is -3.71. The van der Waals surface area contributed by atoms with Crippen LogP contribution in [-0.2, 0) is 10.0 Å². The molecule has 0 radical (unpaired) electrons. The number of aromatic nitrogens is 1. The van der Waals surface area contributed by atoms with Crippen molar-refractivity contribution in [3.05, 3.63) is 65.2 Å². The number of nitrogens with zero attached hydrogens (tertiary/aromatic N) is 1. The summed E-state index contributed by atoms with van der Waals surface area (Å²) in [4.78, 5) is 4.83. The molecule has 0 unspecified atom stereocenters. The number of hydrogen-bond donors (Lipinski definition) is 2. The number of sulfonamides is 1. The number of pyridine rings is 1. The number of anilines is 3. The Morgan fingerprint density at radius 1 is 1.04 bits per heavy atom. The number of aryl methyl sites for hydroxylation is 1. The zero-order valence-corrected chi connectivity index (χ0v) is 14.6. The second kappa shape index (κ2) is 6.77. The van der Waals surface area contributed by atoms with Gasteiger partial charge in [-0.2, -0.15) is 0 Å². The lowest BCUT2D eigenvalue weighted by Crippen LogP contribution is -2.12. The summed E-state index contributed by atoms with van der Waals surface area (Å²) in [5, 5.41) is 2.58. The minimum Gasteiger partial charge on any atom is -0.349 e. The molecule has 3 rings (SSSR count). The van der Waals surface area contributed by atoms with Gasteiger partial charge < -0.3 is 5.32 Å². The van der Waals surface area contributed by atoms with E-state index in [-0.39, 0.29) is 15.7 Å². The Hall–Kier alpha value is -2.52. The minimum absolute atomic E-state index is 0.102. The summed E-state index contributed by atoms with van der Waals surface area (Å²) in [6.07, 6.45) is 1.28. The second-order valence-corrected chi connectivity index (χ2v) is 8.32. The van der Waals surface area contributed by atoms with Gasteiger partial charge >= 0.3 is 0 Å². The maximum absolute atomic E-state index is 13.6. The van der Waals surface area contributed by atoms with Crippen LogP contribution in [0, 0.1) is 18.6 Å². The predicted octanol–water partition coefficient (Wildman–Crippen LogP) is 4.27. The van der Waals surface area contributed by atoms with Gasteiger partial charge in [-0.05, 0) is 43.3 Å². The Bertz CT molecular complexity index is 982. The van der Waals surface area contributed by atoms with E-state index >= 15 is 0 Å². The van der Waals surface area contributed by atoms with Crippen LogP contribution < -0.4 is 10.0 Å². The topological polar surface area (TPSA) is 71.1 Å². The van der Waals surface area contributed by atoms with E-state index in [0.717, 1.165) is 28.3 Å². The van der Waals surface area contributed by atoms with Gasteiger partial charge in [-0.15, -0.1) is 11.3 Å². The molecule has 0 aliphatic carbocycles. The van der Waals surface area contributed by atoms with Crippen molar-refractivity contribution in [1.82, 2.24) is 4.98 Å². The third-order valence-corrected chi connectivity index (χ3v) is 6.06. The van der Waals surface area contributed by atoms with Crippen molar-refractivity contribution in [1.29, 1.82) is 0 Å². The largest absolute Gasteiger partial charge is 0.349 e. The molecule has 0 fully saturated rings. The SMILES string of the molecule is Cc1ccc(S(=O)(=O)Nc2ccc(Nc3c(F)cccc3F)cn2)s1. The molecule has 0 aliphatic heterocycles. The summed E-state index contributed by atoms with van der Waals surface area (Å²) in [6.45, 7) is 1.81. The Kier molecular flexibility index (Phi) is 4.69. The molecule has 9 heteroatoms. The number of benzene rings is 1. The first kappa shape index (κ1) is 17.3. The molecular weight excluding hydrogens is 368 g/mol. The average Bonchev–Trinajstić information content (AvgIpc) is 3.00. The van der Waals surface area contributed by atoms with Gasteiger partial charge in [-0.1, -0.05) is 6.07 Å². The molecule has 3 aromatic rings. The van der Waals surface area contributed by atoms with Gasteiger partial charge in [0.25, 0.3) is 10.0 Å². The molecule has 0 bridgehead atoms. The molecule has 0 atom stereocenters. The van der Waals surface area contributed by atoms with E-state index in [1.807, 2.05) is 6.92 Å². The Morgan fingerprint density at radius 3 is 2.32 bits per heavy atom. The van der Waals surface area contributed by atoms with E-state index in [2.05, 4.69) is 15.0 Å². The highest BCUT2D eigenvalue weighted by atomic mass is 32.2. The second-order valence-electron chi connectivity index (χ2n) is 5.12. The van der Waals surface area contributed by atoms with Crippen LogP contribution in [0.15, 0.2) is 52.9 Å². The van der Waals surface area contributed by atoms with E-state index in [1.165, 1.54) is 30.5 Å². The maximum Gasteiger partial charge on any atom is 0.272 e. The molecule has 0 saturated carbocycles. The Morgan fingerprint density at radius 2 is 1.76 bits per heavy atom. The van der Waals surface area contributed by atoms with Crippen molar-refractivity contribution < 1.29 is 17.2 Å². The molecule has 0 saturated heterocycles. The number of para-hydroxylation sites is 1. The number of halogens is 2. The highest BCUT2D eigenvalue weighted by Gasteiger charge is 2.17. The zero-order chi connectivity index (χ0) is 18.0. The first-order valence-corrected chi connectivity index (χ1v) is 9.41. The standard InChI is InChI=1S/C16H13F2N3O2S2/c1-10-5-8-15(24-10)25(22,23)21-14-7-6-11(9-19-14)20-16-12(17)3-2-4-13(16)18/h2-9,20H,1H3,(H,19,21). The van der Waals surface area contributed by atoms with Crippen molar-refractivity contribution in [3.63, 3.8) is 0 Å². The van der Waals surface area contributed by atoms with Crippen molar-refractivity contribution in [3.8, 4) is 0 Å². The fourth-order valence-corrected chi connectivity index (χ4v) is 4.33. The van der Waals surface area contributed by atoms with Crippen LogP contribution >= 0.6 is 11.3 Å². The lowest BCUT2D eigenvalue weighted by Gasteiger charge is -2.09. The summed E-state index contributed by atoms with van der Waals surface area (Å²) in [7, 11) is -3.71. The number of thiophene rings is 1. The van der Waals surface area contributed by atoms with E-state index in [4.69, 9.17) is 0 Å². The van der Waals surface area contributed by atoms with E-state index in [0.29, 0.717) is 5.69 Å². The lowest BCUT2D eigenvalue weighted by molar-refractivity contribution is 0.590. The molecule has 0 amide bonds. The molecule has 130 valence electrons. The smallest absolute Gasteiger partial charge is 0.272 e. The number of nitrogens with one attached hydrogen (secondary N) is 2. The monoisotopic (exact) mass is 381 g/mol. The quantitative estimate of drug-likeness (QED) is 0.692. The molecule has 5 nitrogen and oxygen atoms in total. The molecule has 2 heterocycles. The highest BCUT2D eigenvalue weighted by Crippen LogP contribution is 2.25. The van der Waals surface area contributed by atoms with Crippen LogP contribution in [0.25, 0.3) is 0 Å². The third-order valence-electron chi connectivity index (χ3n) is 3.22. The number of rotatable bonds is 5. The van der Waals surface area contributed by atoms with E-state index in [1.54, 1.807) is 6.07 Å². The van der Waals surface area contributed by atoms with Gasteiger partial charge in [0.2, 0.25) is 0 Å². The molecular formula is C16H13F2N3O2S2. The van der Waals surface area contributed by atoms with Crippen molar-refractivity contribution in [2.45, 2.75) is 11.1 Å². The first-order valence-electron chi connectivity index (χ1n) is 7.11. The van der Waals surface area contributed by atoms with Crippen LogP contribution in [0.2, 0.25) is 0 Å². The lowest BCUT2D eigenvalue weighted by atomic mass is 10.2. The fraction of sp³-hybridized carbons (Fsp3) is 0.0625. The Balaban J connectivity index is 1.77. The number of hydrogen-bond acceptors (Lipinski definition) is 5. The van der Waals surface area contributed by atoms with E-state index < -0.39 is 21.7 Å². The molecule has 0 spiro atoms. The third kappa shape index (κ3) is 3.94. The maximum atomic E-state index is 13.6. The average molecular weight is 381 g/mol. The van der Waals surface area contributed by atoms with Gasteiger partial charge in [-0.3, -0.25) is 4.72 Å². The fourth-order valence-electron chi connectivity index (χ4n) is 2.03. The molecule has 25 heavy (non-hydrogen) atoms. The molecule has 1 aromatic carbocycles. The predicted molar refractivity (Wildman–Crippen MR) is 93.7 cm³/mol. The summed E-state index contributed by atoms with van der Waals surface area (Å²) >= 11 is 1.15.